The van der Waals surface area contributed by atoms with Crippen LogP contribution in [0.25, 0.3) is 11.1 Å². The Morgan fingerprint density at radius 2 is 1.74 bits per heavy atom. The van der Waals surface area contributed by atoms with Gasteiger partial charge >= 0.3 is 0 Å². The lowest BCUT2D eigenvalue weighted by atomic mass is 10.1. The van der Waals surface area contributed by atoms with Crippen molar-refractivity contribution >= 4 is 33.4 Å². The molecule has 10 heteroatoms. The van der Waals surface area contributed by atoms with Crippen molar-refractivity contribution in [1.29, 1.82) is 5.26 Å². The number of rotatable bonds is 7. The van der Waals surface area contributed by atoms with Gasteiger partial charge in [0, 0.05) is 11.6 Å². The molecule has 2 aromatic carbocycles. The third-order valence-corrected chi connectivity index (χ3v) is 7.20. The minimum absolute atomic E-state index is 0.0684. The van der Waals surface area contributed by atoms with E-state index in [0.29, 0.717) is 17.9 Å². The maximum absolute atomic E-state index is 13.2. The number of nitrogens with one attached hydrogen (secondary N) is 1. The zero-order chi connectivity index (χ0) is 22.6. The summed E-state index contributed by atoms with van der Waals surface area (Å²) in [4.78, 5) is 23.7. The van der Waals surface area contributed by atoms with Crippen molar-refractivity contribution in [1.82, 2.24) is 9.62 Å². The second kappa shape index (κ2) is 9.47. The highest BCUT2D eigenvalue weighted by atomic mass is 35.5. The molecular formula is C21H21ClN4O4S. The number of nitrogens with zero attached hydrogens (tertiary/aromatic N) is 2. The first kappa shape index (κ1) is 22.7. The van der Waals surface area contributed by atoms with Crippen molar-refractivity contribution in [3.05, 3.63) is 53.6 Å². The molecule has 0 spiro atoms. The molecular weight excluding hydrogens is 440 g/mol. The molecule has 3 N–H and O–H groups in total. The number of hydrogen-bond acceptors (Lipinski definition) is 5. The number of nitriles is 1. The SMILES string of the molecule is N#C[C@H](CC(N)=O)NC(=O)[C@@H]1CCCN1S(=O)(=O)c1ccc(-c2ccc(Cl)cc2)cc1. The lowest BCUT2D eigenvalue weighted by Crippen LogP contribution is -2.49. The van der Waals surface area contributed by atoms with Gasteiger partial charge in [-0.3, -0.25) is 9.59 Å². The quantitative estimate of drug-likeness (QED) is 0.652. The maximum atomic E-state index is 13.2. The summed E-state index contributed by atoms with van der Waals surface area (Å²) in [5.41, 5.74) is 6.80. The molecule has 2 atom stereocenters. The average molecular weight is 461 g/mol. The van der Waals surface area contributed by atoms with E-state index in [1.807, 2.05) is 12.1 Å². The minimum Gasteiger partial charge on any atom is -0.370 e. The smallest absolute Gasteiger partial charge is 0.243 e. The predicted molar refractivity (Wildman–Crippen MR) is 115 cm³/mol. The summed E-state index contributed by atoms with van der Waals surface area (Å²) in [6.07, 6.45) is 0.490. The molecule has 31 heavy (non-hydrogen) atoms. The summed E-state index contributed by atoms with van der Waals surface area (Å²) >= 11 is 5.90. The molecule has 1 aliphatic heterocycles. The van der Waals surface area contributed by atoms with E-state index in [0.717, 1.165) is 15.4 Å². The Kier molecular flexibility index (Phi) is 6.95. The van der Waals surface area contributed by atoms with Gasteiger partial charge in [-0.1, -0.05) is 35.9 Å². The molecule has 0 aromatic heterocycles. The number of nitrogens with two attached hydrogens (primary N) is 1. The minimum atomic E-state index is -3.93. The Labute approximate surface area is 185 Å². The van der Waals surface area contributed by atoms with E-state index in [2.05, 4.69) is 5.32 Å². The number of benzene rings is 2. The van der Waals surface area contributed by atoms with Crippen LogP contribution < -0.4 is 11.1 Å². The first-order valence-electron chi connectivity index (χ1n) is 9.58. The normalized spacial score (nSPS) is 17.6. The molecule has 1 saturated heterocycles. The third-order valence-electron chi connectivity index (χ3n) is 5.02. The molecule has 8 nitrogen and oxygen atoms in total. The average Bonchev–Trinajstić information content (AvgIpc) is 3.24. The Balaban J connectivity index is 1.78. The summed E-state index contributed by atoms with van der Waals surface area (Å²) in [7, 11) is -3.93. The second-order valence-electron chi connectivity index (χ2n) is 7.17. The van der Waals surface area contributed by atoms with Crippen LogP contribution in [0.4, 0.5) is 0 Å². The van der Waals surface area contributed by atoms with Crippen molar-refractivity contribution in [3.8, 4) is 17.2 Å². The van der Waals surface area contributed by atoms with Crippen LogP contribution in [0, 0.1) is 11.3 Å². The third kappa shape index (κ3) is 5.22. The van der Waals surface area contributed by atoms with Gasteiger partial charge in [-0.2, -0.15) is 9.57 Å². The maximum Gasteiger partial charge on any atom is 0.243 e. The highest BCUT2D eigenvalue weighted by Gasteiger charge is 2.40. The number of primary amides is 1. The molecule has 1 fully saturated rings. The molecule has 0 radical (unpaired) electrons. The van der Waals surface area contributed by atoms with Crippen LogP contribution >= 0.6 is 11.6 Å². The fourth-order valence-electron chi connectivity index (χ4n) is 3.49. The molecule has 1 heterocycles. The summed E-state index contributed by atoms with van der Waals surface area (Å²) in [6.45, 7) is 0.187. The van der Waals surface area contributed by atoms with E-state index in [1.54, 1.807) is 30.3 Å². The van der Waals surface area contributed by atoms with Crippen molar-refractivity contribution < 1.29 is 18.0 Å². The van der Waals surface area contributed by atoms with Gasteiger partial charge in [-0.25, -0.2) is 8.42 Å². The van der Waals surface area contributed by atoms with E-state index in [9.17, 15) is 18.0 Å². The topological polar surface area (TPSA) is 133 Å². The molecule has 2 amide bonds. The number of sulfonamides is 1. The largest absolute Gasteiger partial charge is 0.370 e. The Bertz CT molecular complexity index is 1110. The van der Waals surface area contributed by atoms with Gasteiger partial charge in [-0.15, -0.1) is 0 Å². The first-order chi connectivity index (χ1) is 14.7. The van der Waals surface area contributed by atoms with E-state index in [4.69, 9.17) is 22.6 Å². The van der Waals surface area contributed by atoms with Gasteiger partial charge in [0.25, 0.3) is 0 Å². The van der Waals surface area contributed by atoms with Gasteiger partial charge in [0.2, 0.25) is 21.8 Å². The van der Waals surface area contributed by atoms with E-state index in [1.165, 1.54) is 12.1 Å². The molecule has 2 aromatic rings. The zero-order valence-electron chi connectivity index (χ0n) is 16.5. The highest BCUT2D eigenvalue weighted by molar-refractivity contribution is 7.89. The number of amides is 2. The molecule has 0 bridgehead atoms. The predicted octanol–water partition coefficient (Wildman–Crippen LogP) is 2.04. The van der Waals surface area contributed by atoms with Crippen molar-refractivity contribution in [2.24, 2.45) is 5.73 Å². The van der Waals surface area contributed by atoms with Gasteiger partial charge in [-0.05, 0) is 48.2 Å². The molecule has 0 unspecified atom stereocenters. The second-order valence-corrected chi connectivity index (χ2v) is 9.49. The highest BCUT2D eigenvalue weighted by Crippen LogP contribution is 2.28. The number of hydrogen-bond donors (Lipinski definition) is 2. The molecule has 162 valence electrons. The van der Waals surface area contributed by atoms with E-state index in [-0.39, 0.29) is 17.9 Å². The van der Waals surface area contributed by atoms with Gasteiger partial charge < -0.3 is 11.1 Å². The van der Waals surface area contributed by atoms with Gasteiger partial charge in [0.1, 0.15) is 12.1 Å². The Morgan fingerprint density at radius 3 is 2.29 bits per heavy atom. The molecule has 0 saturated carbocycles. The van der Waals surface area contributed by atoms with E-state index < -0.39 is 33.9 Å². The van der Waals surface area contributed by atoms with Crippen LogP contribution in [0.2, 0.25) is 5.02 Å². The van der Waals surface area contributed by atoms with Crippen molar-refractivity contribution in [3.63, 3.8) is 0 Å². The number of halogens is 1. The number of carbonyl (C=O) groups excluding carboxylic acids is 2. The van der Waals surface area contributed by atoms with Crippen LogP contribution in [0.15, 0.2) is 53.4 Å². The standard InChI is InChI=1S/C21H21ClN4O4S/c22-16-7-3-14(4-8-16)15-5-9-18(10-6-15)31(29,30)26-11-1-2-19(26)21(28)25-17(13-23)12-20(24)27/h3-10,17,19H,1-2,11-12H2,(H2,24,27)(H,25,28)/t17-,19-/m0/s1. The lowest BCUT2D eigenvalue weighted by molar-refractivity contribution is -0.125. The Hall–Kier alpha value is -2.93. The van der Waals surface area contributed by atoms with Crippen molar-refractivity contribution in [2.45, 2.75) is 36.2 Å². The van der Waals surface area contributed by atoms with Crippen LogP contribution in [0.1, 0.15) is 19.3 Å². The van der Waals surface area contributed by atoms with Gasteiger partial charge in [0.05, 0.1) is 17.4 Å². The van der Waals surface area contributed by atoms with Crippen molar-refractivity contribution in [2.75, 3.05) is 6.54 Å². The summed E-state index contributed by atoms with van der Waals surface area (Å²) < 4.78 is 27.5. The fourth-order valence-corrected chi connectivity index (χ4v) is 5.27. The summed E-state index contributed by atoms with van der Waals surface area (Å²) in [5.74, 6) is -1.35. The summed E-state index contributed by atoms with van der Waals surface area (Å²) in [6, 6.07) is 13.3. The molecule has 0 aliphatic carbocycles. The molecule has 1 aliphatic rings. The van der Waals surface area contributed by atoms with Crippen LogP contribution in [-0.4, -0.2) is 43.2 Å². The van der Waals surface area contributed by atoms with Crippen LogP contribution in [-0.2, 0) is 19.6 Å². The fraction of sp³-hybridized carbons (Fsp3) is 0.286. The summed E-state index contributed by atoms with van der Waals surface area (Å²) in [5, 5.41) is 12.1. The first-order valence-corrected chi connectivity index (χ1v) is 11.4. The van der Waals surface area contributed by atoms with Crippen LogP contribution in [0.5, 0.6) is 0 Å². The lowest BCUT2D eigenvalue weighted by Gasteiger charge is -2.24. The van der Waals surface area contributed by atoms with E-state index >= 15 is 0 Å². The van der Waals surface area contributed by atoms with Gasteiger partial charge in [0.15, 0.2) is 0 Å². The molecule has 3 rings (SSSR count). The Morgan fingerprint density at radius 1 is 1.16 bits per heavy atom. The number of carbonyl (C=O) groups is 2. The van der Waals surface area contributed by atoms with Crippen LogP contribution in [0.3, 0.4) is 0 Å². The monoisotopic (exact) mass is 460 g/mol. The zero-order valence-corrected chi connectivity index (χ0v) is 18.1.